The Kier molecular flexibility index (Phi) is 7.03. The molecule has 0 radical (unpaired) electrons. The maximum absolute atomic E-state index is 12.8. The summed E-state index contributed by atoms with van der Waals surface area (Å²) in [6, 6.07) is 4.81. The van der Waals surface area contributed by atoms with Crippen LogP contribution in [-0.4, -0.2) is 51.0 Å². The molecule has 1 N–H and O–H groups in total. The van der Waals surface area contributed by atoms with Crippen molar-refractivity contribution >= 4 is 39.1 Å². The molecule has 2 fully saturated rings. The Labute approximate surface area is 170 Å². The first kappa shape index (κ1) is 20.9. The number of rotatable bonds is 6. The fourth-order valence-corrected chi connectivity index (χ4v) is 5.42. The third kappa shape index (κ3) is 5.57. The van der Waals surface area contributed by atoms with Gasteiger partial charge in [-0.05, 0) is 43.4 Å². The van der Waals surface area contributed by atoms with E-state index in [1.165, 1.54) is 4.31 Å². The molecule has 0 spiro atoms. The first-order valence-electron chi connectivity index (χ1n) is 9.16. The van der Waals surface area contributed by atoms with Crippen LogP contribution in [0.2, 0.25) is 10.0 Å². The van der Waals surface area contributed by atoms with Crippen molar-refractivity contribution in [3.8, 4) is 0 Å². The Morgan fingerprint density at radius 1 is 1.22 bits per heavy atom. The molecule has 0 aliphatic carbocycles. The van der Waals surface area contributed by atoms with E-state index in [1.54, 1.807) is 18.2 Å². The Balaban J connectivity index is 1.58. The van der Waals surface area contributed by atoms with Gasteiger partial charge in [0.1, 0.15) is 0 Å². The van der Waals surface area contributed by atoms with Gasteiger partial charge >= 0.3 is 0 Å². The zero-order valence-corrected chi connectivity index (χ0v) is 17.3. The summed E-state index contributed by atoms with van der Waals surface area (Å²) in [5.74, 6) is -0.586. The molecule has 150 valence electrons. The van der Waals surface area contributed by atoms with Gasteiger partial charge in [0.25, 0.3) is 0 Å². The lowest BCUT2D eigenvalue weighted by Gasteiger charge is -2.31. The predicted octanol–water partition coefficient (Wildman–Crippen LogP) is 2.83. The molecule has 0 saturated carbocycles. The summed E-state index contributed by atoms with van der Waals surface area (Å²) in [7, 11) is -3.54. The van der Waals surface area contributed by atoms with Crippen LogP contribution in [0.5, 0.6) is 0 Å². The number of benzene rings is 1. The number of nitrogens with one attached hydrogen (secondary N) is 1. The number of sulfonamides is 1. The van der Waals surface area contributed by atoms with Gasteiger partial charge in [-0.1, -0.05) is 29.3 Å². The van der Waals surface area contributed by atoms with E-state index in [0.29, 0.717) is 41.5 Å². The highest BCUT2D eigenvalue weighted by molar-refractivity contribution is 7.88. The van der Waals surface area contributed by atoms with Crippen LogP contribution in [0, 0.1) is 5.92 Å². The fraction of sp³-hybridized carbons (Fsp3) is 0.611. The second kappa shape index (κ2) is 9.09. The molecule has 0 aromatic heterocycles. The average Bonchev–Trinajstić information content (AvgIpc) is 3.16. The van der Waals surface area contributed by atoms with Crippen LogP contribution >= 0.6 is 23.2 Å². The van der Waals surface area contributed by atoms with Crippen LogP contribution in [-0.2, 0) is 25.3 Å². The van der Waals surface area contributed by atoms with E-state index in [0.717, 1.165) is 19.4 Å². The van der Waals surface area contributed by atoms with E-state index in [-0.39, 0.29) is 30.2 Å². The minimum Gasteiger partial charge on any atom is -0.376 e. The second-order valence-electron chi connectivity index (χ2n) is 7.08. The normalized spacial score (nSPS) is 24.1. The van der Waals surface area contributed by atoms with Crippen LogP contribution in [0.25, 0.3) is 0 Å². The molecule has 2 aliphatic heterocycles. The predicted molar refractivity (Wildman–Crippen MR) is 105 cm³/mol. The summed E-state index contributed by atoms with van der Waals surface area (Å²) in [4.78, 5) is 12.4. The van der Waals surface area contributed by atoms with E-state index >= 15 is 0 Å². The number of piperidine rings is 1. The highest BCUT2D eigenvalue weighted by Gasteiger charge is 2.32. The molecule has 3 rings (SSSR count). The van der Waals surface area contributed by atoms with Gasteiger partial charge in [-0.3, -0.25) is 4.79 Å². The first-order chi connectivity index (χ1) is 12.8. The van der Waals surface area contributed by atoms with Crippen LogP contribution in [0.1, 0.15) is 31.2 Å². The lowest BCUT2D eigenvalue weighted by molar-refractivity contribution is -0.126. The van der Waals surface area contributed by atoms with Gasteiger partial charge in [-0.15, -0.1) is 0 Å². The maximum Gasteiger partial charge on any atom is 0.224 e. The van der Waals surface area contributed by atoms with Crippen molar-refractivity contribution in [1.29, 1.82) is 0 Å². The highest BCUT2D eigenvalue weighted by Crippen LogP contribution is 2.26. The van der Waals surface area contributed by atoms with Gasteiger partial charge in [0.15, 0.2) is 0 Å². The van der Waals surface area contributed by atoms with Gasteiger partial charge in [-0.2, -0.15) is 0 Å². The number of carbonyl (C=O) groups excluding carboxylic acids is 1. The van der Waals surface area contributed by atoms with Gasteiger partial charge in [0, 0.05) is 26.2 Å². The Bertz CT molecular complexity index is 782. The Morgan fingerprint density at radius 3 is 2.74 bits per heavy atom. The van der Waals surface area contributed by atoms with Crippen molar-refractivity contribution in [3.05, 3.63) is 33.8 Å². The molecule has 2 aliphatic rings. The summed E-state index contributed by atoms with van der Waals surface area (Å²) in [5.41, 5.74) is 0.578. The second-order valence-corrected chi connectivity index (χ2v) is 9.87. The van der Waals surface area contributed by atoms with Crippen molar-refractivity contribution in [2.24, 2.45) is 5.92 Å². The largest absolute Gasteiger partial charge is 0.376 e. The number of amides is 1. The molecular formula is C18H24Cl2N2O4S. The number of hydrogen-bond donors (Lipinski definition) is 1. The SMILES string of the molecule is O=C(NC[C@H]1CCCO1)[C@H]1CCCN(S(=O)(=O)Cc2ccc(Cl)c(Cl)c2)C1. The zero-order chi connectivity index (χ0) is 19.4. The third-order valence-electron chi connectivity index (χ3n) is 5.01. The van der Waals surface area contributed by atoms with Crippen molar-refractivity contribution in [3.63, 3.8) is 0 Å². The molecule has 2 atom stereocenters. The summed E-state index contributed by atoms with van der Waals surface area (Å²) in [6.45, 7) is 1.87. The maximum atomic E-state index is 12.8. The first-order valence-corrected chi connectivity index (χ1v) is 11.5. The molecule has 0 unspecified atom stereocenters. The molecule has 9 heteroatoms. The van der Waals surface area contributed by atoms with Gasteiger partial charge in [0.05, 0.1) is 27.8 Å². The molecule has 1 aromatic carbocycles. The average molecular weight is 435 g/mol. The molecule has 1 amide bonds. The Hall–Kier alpha value is -0.860. The molecule has 27 heavy (non-hydrogen) atoms. The third-order valence-corrected chi connectivity index (χ3v) is 7.56. The van der Waals surface area contributed by atoms with Gasteiger partial charge < -0.3 is 10.1 Å². The lowest BCUT2D eigenvalue weighted by atomic mass is 9.99. The topological polar surface area (TPSA) is 75.7 Å². The summed E-state index contributed by atoms with van der Waals surface area (Å²) in [5, 5.41) is 3.63. The van der Waals surface area contributed by atoms with E-state index in [9.17, 15) is 13.2 Å². The van der Waals surface area contributed by atoms with E-state index in [1.807, 2.05) is 0 Å². The minimum absolute atomic E-state index is 0.0760. The number of hydrogen-bond acceptors (Lipinski definition) is 4. The van der Waals surface area contributed by atoms with Crippen molar-refractivity contribution in [1.82, 2.24) is 9.62 Å². The van der Waals surface area contributed by atoms with Crippen LogP contribution in [0.3, 0.4) is 0 Å². The Morgan fingerprint density at radius 2 is 2.04 bits per heavy atom. The van der Waals surface area contributed by atoms with Gasteiger partial charge in [-0.25, -0.2) is 12.7 Å². The fourth-order valence-electron chi connectivity index (χ4n) is 3.50. The molecular weight excluding hydrogens is 411 g/mol. The standard InChI is InChI=1S/C18H24Cl2N2O4S/c19-16-6-5-13(9-17(16)20)12-27(24,25)22-7-1-3-14(11-22)18(23)21-10-15-4-2-8-26-15/h5-6,9,14-15H,1-4,7-8,10-12H2,(H,21,23)/t14-,15+/m0/s1. The van der Waals surface area contributed by atoms with Crippen molar-refractivity contribution < 1.29 is 17.9 Å². The highest BCUT2D eigenvalue weighted by atomic mass is 35.5. The minimum atomic E-state index is -3.54. The van der Waals surface area contributed by atoms with Crippen molar-refractivity contribution in [2.75, 3.05) is 26.2 Å². The molecule has 6 nitrogen and oxygen atoms in total. The summed E-state index contributed by atoms with van der Waals surface area (Å²) < 4.78 is 32.5. The number of carbonyl (C=O) groups is 1. The molecule has 2 saturated heterocycles. The monoisotopic (exact) mass is 434 g/mol. The summed E-state index contributed by atoms with van der Waals surface area (Å²) >= 11 is 11.9. The van der Waals surface area contributed by atoms with E-state index in [2.05, 4.69) is 5.32 Å². The van der Waals surface area contributed by atoms with Crippen LogP contribution in [0.4, 0.5) is 0 Å². The molecule has 2 heterocycles. The smallest absolute Gasteiger partial charge is 0.224 e. The number of ether oxygens (including phenoxy) is 1. The molecule has 0 bridgehead atoms. The van der Waals surface area contributed by atoms with Crippen LogP contribution < -0.4 is 5.32 Å². The van der Waals surface area contributed by atoms with Crippen molar-refractivity contribution in [2.45, 2.75) is 37.5 Å². The zero-order valence-electron chi connectivity index (χ0n) is 15.0. The number of nitrogens with zero attached hydrogens (tertiary/aromatic N) is 1. The lowest BCUT2D eigenvalue weighted by Crippen LogP contribution is -2.46. The molecule has 1 aromatic rings. The van der Waals surface area contributed by atoms with Gasteiger partial charge in [0.2, 0.25) is 15.9 Å². The quantitative estimate of drug-likeness (QED) is 0.746. The van der Waals surface area contributed by atoms with E-state index in [4.69, 9.17) is 27.9 Å². The summed E-state index contributed by atoms with van der Waals surface area (Å²) in [6.07, 6.45) is 3.40. The van der Waals surface area contributed by atoms with Crippen LogP contribution in [0.15, 0.2) is 18.2 Å². The number of halogens is 2. The van der Waals surface area contributed by atoms with E-state index < -0.39 is 10.0 Å².